The molecule has 0 fully saturated rings. The second-order valence-corrected chi connectivity index (χ2v) is 7.19. The summed E-state index contributed by atoms with van der Waals surface area (Å²) in [6.07, 6.45) is 0. The van der Waals surface area contributed by atoms with Crippen LogP contribution in [0.5, 0.6) is 0 Å². The van der Waals surface area contributed by atoms with Crippen molar-refractivity contribution in [1.29, 1.82) is 0 Å². The van der Waals surface area contributed by atoms with Gasteiger partial charge in [0.2, 0.25) is 5.91 Å². The molecule has 33 heavy (non-hydrogen) atoms. The van der Waals surface area contributed by atoms with Crippen molar-refractivity contribution in [1.82, 2.24) is 30.2 Å². The van der Waals surface area contributed by atoms with Crippen LogP contribution < -0.4 is 16.4 Å². The number of fused-ring (bicyclic) bond motifs is 1. The van der Waals surface area contributed by atoms with Gasteiger partial charge in [0.05, 0.1) is 28.2 Å². The van der Waals surface area contributed by atoms with E-state index in [0.29, 0.717) is 28.0 Å². The molecule has 0 saturated carbocycles. The highest BCUT2D eigenvalue weighted by Crippen LogP contribution is 2.23. The minimum atomic E-state index is -0.654. The topological polar surface area (TPSA) is 171 Å². The molecule has 0 aliphatic carbocycles. The summed E-state index contributed by atoms with van der Waals surface area (Å²) in [5, 5.41) is 14.0. The van der Waals surface area contributed by atoms with E-state index in [4.69, 9.17) is 10.3 Å². The number of carbonyl (C=O) groups is 3. The van der Waals surface area contributed by atoms with Gasteiger partial charge in [0.15, 0.2) is 5.82 Å². The Bertz CT molecular complexity index is 1400. The van der Waals surface area contributed by atoms with Gasteiger partial charge in [0.1, 0.15) is 12.2 Å². The van der Waals surface area contributed by atoms with Gasteiger partial charge in [-0.3, -0.25) is 19.1 Å². The van der Waals surface area contributed by atoms with E-state index in [-0.39, 0.29) is 29.5 Å². The Hall–Kier alpha value is -4.61. The number of nitrogens with zero attached hydrogens (tertiary/aromatic N) is 5. The summed E-state index contributed by atoms with van der Waals surface area (Å²) < 4.78 is 6.50. The van der Waals surface area contributed by atoms with Gasteiger partial charge in [-0.15, -0.1) is 0 Å². The van der Waals surface area contributed by atoms with E-state index in [1.165, 1.54) is 13.1 Å². The second-order valence-electron chi connectivity index (χ2n) is 7.19. The standard InChI is InChI=1S/C21H20N8O4/c1-10-17(11(2)29(27-10)9-16-25-21(33-28-16)20(32)23-3)26-19(31)15-8-13(18(22)30)12-6-4-5-7-14(12)24-15/h4-8H,9H2,1-3H3,(H2,22,30)(H,23,32)(H,26,31). The quantitative estimate of drug-likeness (QED) is 0.395. The predicted octanol–water partition coefficient (Wildman–Crippen LogP) is 1.19. The fourth-order valence-corrected chi connectivity index (χ4v) is 3.36. The number of hydrogen-bond donors (Lipinski definition) is 3. The average molecular weight is 448 g/mol. The van der Waals surface area contributed by atoms with Crippen molar-refractivity contribution < 1.29 is 18.9 Å². The zero-order valence-corrected chi connectivity index (χ0v) is 18.0. The number of nitrogens with one attached hydrogen (secondary N) is 2. The van der Waals surface area contributed by atoms with Gasteiger partial charge in [-0.2, -0.15) is 10.1 Å². The zero-order valence-electron chi connectivity index (χ0n) is 18.0. The number of amides is 3. The lowest BCUT2D eigenvalue weighted by atomic mass is 10.1. The zero-order chi connectivity index (χ0) is 23.7. The molecule has 1 aromatic carbocycles. The molecule has 0 aliphatic heterocycles. The molecule has 3 heterocycles. The molecule has 12 heteroatoms. The smallest absolute Gasteiger partial charge is 0.315 e. The predicted molar refractivity (Wildman–Crippen MR) is 117 cm³/mol. The first-order chi connectivity index (χ1) is 15.8. The van der Waals surface area contributed by atoms with Gasteiger partial charge in [0.25, 0.3) is 5.91 Å². The molecule has 3 aromatic heterocycles. The van der Waals surface area contributed by atoms with Crippen molar-refractivity contribution in [3.8, 4) is 0 Å². The van der Waals surface area contributed by atoms with Gasteiger partial charge in [-0.05, 0) is 26.0 Å². The molecule has 12 nitrogen and oxygen atoms in total. The van der Waals surface area contributed by atoms with E-state index < -0.39 is 17.7 Å². The number of rotatable bonds is 6. The third kappa shape index (κ3) is 4.13. The first-order valence-electron chi connectivity index (χ1n) is 9.88. The Kier molecular flexibility index (Phi) is 5.56. The monoisotopic (exact) mass is 448 g/mol. The van der Waals surface area contributed by atoms with Crippen LogP contribution in [0, 0.1) is 13.8 Å². The highest BCUT2D eigenvalue weighted by atomic mass is 16.5. The molecule has 4 rings (SSSR count). The number of primary amides is 1. The lowest BCUT2D eigenvalue weighted by molar-refractivity contribution is 0.0918. The summed E-state index contributed by atoms with van der Waals surface area (Å²) in [6, 6.07) is 8.31. The van der Waals surface area contributed by atoms with Crippen molar-refractivity contribution >= 4 is 34.3 Å². The fraction of sp³-hybridized carbons (Fsp3) is 0.190. The van der Waals surface area contributed by atoms with Crippen molar-refractivity contribution in [2.45, 2.75) is 20.4 Å². The Balaban J connectivity index is 1.60. The third-order valence-corrected chi connectivity index (χ3v) is 5.01. The van der Waals surface area contributed by atoms with E-state index >= 15 is 0 Å². The van der Waals surface area contributed by atoms with Gasteiger partial charge in [0, 0.05) is 12.4 Å². The molecule has 0 atom stereocenters. The molecule has 4 aromatic rings. The number of carbonyl (C=O) groups excluding carboxylic acids is 3. The summed E-state index contributed by atoms with van der Waals surface area (Å²) in [5.41, 5.74) is 7.88. The van der Waals surface area contributed by atoms with Crippen LogP contribution in [0.3, 0.4) is 0 Å². The van der Waals surface area contributed by atoms with Crippen LogP contribution >= 0.6 is 0 Å². The lowest BCUT2D eigenvalue weighted by Gasteiger charge is -2.09. The molecule has 0 bridgehead atoms. The number of para-hydroxylation sites is 1. The Morgan fingerprint density at radius 1 is 1.12 bits per heavy atom. The molecule has 0 saturated heterocycles. The van der Waals surface area contributed by atoms with Crippen LogP contribution in [-0.2, 0) is 6.54 Å². The van der Waals surface area contributed by atoms with E-state index in [1.54, 1.807) is 42.8 Å². The average Bonchev–Trinajstić information content (AvgIpc) is 3.37. The van der Waals surface area contributed by atoms with Gasteiger partial charge >= 0.3 is 11.8 Å². The Labute approximate surface area is 187 Å². The summed E-state index contributed by atoms with van der Waals surface area (Å²) in [7, 11) is 1.46. The van der Waals surface area contributed by atoms with Gasteiger partial charge in [-0.1, -0.05) is 23.4 Å². The first-order valence-corrected chi connectivity index (χ1v) is 9.88. The highest BCUT2D eigenvalue weighted by molar-refractivity contribution is 6.10. The number of nitrogens with two attached hydrogens (primary N) is 1. The molecular weight excluding hydrogens is 428 g/mol. The second kappa shape index (κ2) is 8.49. The summed E-state index contributed by atoms with van der Waals surface area (Å²) in [5.74, 6) is -1.57. The van der Waals surface area contributed by atoms with E-state index in [0.717, 1.165) is 0 Å². The molecule has 168 valence electrons. The van der Waals surface area contributed by atoms with Gasteiger partial charge < -0.3 is 20.9 Å². The van der Waals surface area contributed by atoms with Crippen LogP contribution in [0.15, 0.2) is 34.9 Å². The summed E-state index contributed by atoms with van der Waals surface area (Å²) in [6.45, 7) is 3.62. The van der Waals surface area contributed by atoms with E-state index in [1.807, 2.05) is 0 Å². The van der Waals surface area contributed by atoms with E-state index in [9.17, 15) is 14.4 Å². The van der Waals surface area contributed by atoms with Crippen LogP contribution in [0.25, 0.3) is 10.9 Å². The minimum absolute atomic E-state index is 0.0439. The maximum atomic E-state index is 13.0. The van der Waals surface area contributed by atoms with Crippen molar-refractivity contribution in [2.75, 3.05) is 12.4 Å². The first kappa shape index (κ1) is 21.6. The maximum Gasteiger partial charge on any atom is 0.315 e. The molecule has 0 spiro atoms. The largest absolute Gasteiger partial charge is 0.366 e. The number of aryl methyl sites for hydroxylation is 1. The number of anilines is 1. The van der Waals surface area contributed by atoms with Crippen LogP contribution in [0.4, 0.5) is 5.69 Å². The maximum absolute atomic E-state index is 13.0. The highest BCUT2D eigenvalue weighted by Gasteiger charge is 2.20. The lowest BCUT2D eigenvalue weighted by Crippen LogP contribution is -2.18. The number of aromatic nitrogens is 5. The number of pyridine rings is 1. The molecule has 0 aliphatic rings. The normalized spacial score (nSPS) is 10.9. The van der Waals surface area contributed by atoms with Gasteiger partial charge in [-0.25, -0.2) is 4.98 Å². The van der Waals surface area contributed by atoms with Crippen molar-refractivity contribution in [2.24, 2.45) is 5.73 Å². The molecule has 0 radical (unpaired) electrons. The third-order valence-electron chi connectivity index (χ3n) is 5.01. The molecule has 3 amide bonds. The summed E-state index contributed by atoms with van der Waals surface area (Å²) in [4.78, 5) is 44.9. The van der Waals surface area contributed by atoms with Crippen LogP contribution in [0.1, 0.15) is 48.7 Å². The molecular formula is C21H20N8O4. The number of benzene rings is 1. The SMILES string of the molecule is CNC(=O)c1nc(Cn2nc(C)c(NC(=O)c3cc(C(N)=O)c4ccccc4n3)c2C)no1. The Morgan fingerprint density at radius 2 is 1.88 bits per heavy atom. The van der Waals surface area contributed by atoms with Crippen LogP contribution in [0.2, 0.25) is 0 Å². The molecule has 0 unspecified atom stereocenters. The van der Waals surface area contributed by atoms with E-state index in [2.05, 4.69) is 30.9 Å². The van der Waals surface area contributed by atoms with Crippen molar-refractivity contribution in [3.63, 3.8) is 0 Å². The number of hydrogen-bond acceptors (Lipinski definition) is 8. The fourth-order valence-electron chi connectivity index (χ4n) is 3.36. The molecule has 4 N–H and O–H groups in total. The Morgan fingerprint density at radius 3 is 2.61 bits per heavy atom. The summed E-state index contributed by atoms with van der Waals surface area (Å²) >= 11 is 0. The van der Waals surface area contributed by atoms with Crippen molar-refractivity contribution in [3.05, 3.63) is 64.7 Å². The van der Waals surface area contributed by atoms with Crippen LogP contribution in [-0.4, -0.2) is 49.7 Å². The minimum Gasteiger partial charge on any atom is -0.366 e.